The number of nitrogens with zero attached hydrogens (tertiary/aromatic N) is 4. The molecule has 4 rings (SSSR count). The molecule has 7 heteroatoms. The fourth-order valence-electron chi connectivity index (χ4n) is 4.22. The fraction of sp³-hybridized carbons (Fsp3) is 0.417. The summed E-state index contributed by atoms with van der Waals surface area (Å²) in [5, 5.41) is 7.76. The SMILES string of the molecule is COCCCNC(=O)C1CCCN(Cc2cnn(-c3ccccc3)c2-n2cccc2)C1. The Hall–Kier alpha value is -2.90. The van der Waals surface area contributed by atoms with Crippen LogP contribution in [0.3, 0.4) is 0 Å². The Morgan fingerprint density at radius 1 is 1.19 bits per heavy atom. The quantitative estimate of drug-likeness (QED) is 0.540. The second-order valence-electron chi connectivity index (χ2n) is 8.04. The molecule has 0 radical (unpaired) electrons. The van der Waals surface area contributed by atoms with Crippen molar-refractivity contribution in [2.24, 2.45) is 5.92 Å². The average molecular weight is 422 g/mol. The normalized spacial score (nSPS) is 17.0. The van der Waals surface area contributed by atoms with Crippen molar-refractivity contribution < 1.29 is 9.53 Å². The van der Waals surface area contributed by atoms with Crippen LogP contribution in [0, 0.1) is 5.92 Å². The zero-order valence-electron chi connectivity index (χ0n) is 18.1. The van der Waals surface area contributed by atoms with Crippen molar-refractivity contribution in [1.82, 2.24) is 24.6 Å². The molecule has 31 heavy (non-hydrogen) atoms. The van der Waals surface area contributed by atoms with Gasteiger partial charge in [0.15, 0.2) is 0 Å². The van der Waals surface area contributed by atoms with Crippen molar-refractivity contribution in [2.75, 3.05) is 33.4 Å². The molecule has 1 unspecified atom stereocenters. The maximum absolute atomic E-state index is 12.6. The molecule has 0 bridgehead atoms. The first-order chi connectivity index (χ1) is 15.3. The summed E-state index contributed by atoms with van der Waals surface area (Å²) < 4.78 is 9.15. The third-order valence-electron chi connectivity index (χ3n) is 5.76. The minimum absolute atomic E-state index is 0.0375. The molecule has 1 aliphatic heterocycles. The number of carbonyl (C=O) groups is 1. The number of para-hydroxylation sites is 1. The lowest BCUT2D eigenvalue weighted by Crippen LogP contribution is -2.43. The zero-order valence-corrected chi connectivity index (χ0v) is 18.1. The summed E-state index contributed by atoms with van der Waals surface area (Å²) in [6.07, 6.45) is 8.87. The summed E-state index contributed by atoms with van der Waals surface area (Å²) in [5.41, 5.74) is 2.19. The van der Waals surface area contributed by atoms with Crippen molar-refractivity contribution in [3.63, 3.8) is 0 Å². The second-order valence-corrected chi connectivity index (χ2v) is 8.04. The minimum atomic E-state index is 0.0375. The first-order valence-corrected chi connectivity index (χ1v) is 11.0. The summed E-state index contributed by atoms with van der Waals surface area (Å²) in [5.74, 6) is 1.24. The highest BCUT2D eigenvalue weighted by atomic mass is 16.5. The molecule has 1 aliphatic rings. The van der Waals surface area contributed by atoms with Gasteiger partial charge in [-0.15, -0.1) is 0 Å². The van der Waals surface area contributed by atoms with E-state index in [0.717, 1.165) is 56.0 Å². The molecule has 0 spiro atoms. The summed E-state index contributed by atoms with van der Waals surface area (Å²) in [4.78, 5) is 15.0. The van der Waals surface area contributed by atoms with E-state index < -0.39 is 0 Å². The van der Waals surface area contributed by atoms with Gasteiger partial charge in [-0.1, -0.05) is 18.2 Å². The number of hydrogen-bond acceptors (Lipinski definition) is 4. The van der Waals surface area contributed by atoms with E-state index >= 15 is 0 Å². The lowest BCUT2D eigenvalue weighted by molar-refractivity contribution is -0.126. The molecule has 1 fully saturated rings. The summed E-state index contributed by atoms with van der Waals surface area (Å²) in [6, 6.07) is 14.2. The lowest BCUT2D eigenvalue weighted by Gasteiger charge is -2.32. The first kappa shape index (κ1) is 21.3. The molecule has 1 saturated heterocycles. The molecule has 1 N–H and O–H groups in total. The number of benzene rings is 1. The Labute approximate surface area is 183 Å². The van der Waals surface area contributed by atoms with Crippen LogP contribution in [-0.4, -0.2) is 58.5 Å². The van der Waals surface area contributed by atoms with Gasteiger partial charge in [-0.2, -0.15) is 5.10 Å². The van der Waals surface area contributed by atoms with Gasteiger partial charge in [0.2, 0.25) is 5.91 Å². The zero-order chi connectivity index (χ0) is 21.5. The molecule has 2 aromatic heterocycles. The van der Waals surface area contributed by atoms with E-state index in [4.69, 9.17) is 9.84 Å². The largest absolute Gasteiger partial charge is 0.385 e. The molecule has 164 valence electrons. The molecule has 0 aliphatic carbocycles. The van der Waals surface area contributed by atoms with Crippen LogP contribution < -0.4 is 5.32 Å². The summed E-state index contributed by atoms with van der Waals surface area (Å²) in [6.45, 7) is 3.89. The van der Waals surface area contributed by atoms with E-state index in [0.29, 0.717) is 13.2 Å². The lowest BCUT2D eigenvalue weighted by atomic mass is 9.96. The number of rotatable bonds is 9. The molecule has 1 aromatic carbocycles. The number of ether oxygens (including phenoxy) is 1. The van der Waals surface area contributed by atoms with Gasteiger partial charge in [0.1, 0.15) is 5.82 Å². The van der Waals surface area contributed by atoms with Gasteiger partial charge in [-0.3, -0.25) is 9.69 Å². The van der Waals surface area contributed by atoms with Crippen LogP contribution in [0.1, 0.15) is 24.8 Å². The second kappa shape index (κ2) is 10.4. The van der Waals surface area contributed by atoms with Crippen LogP contribution in [0.15, 0.2) is 61.1 Å². The van der Waals surface area contributed by atoms with Crippen molar-refractivity contribution in [2.45, 2.75) is 25.8 Å². The number of nitrogens with one attached hydrogen (secondary N) is 1. The third kappa shape index (κ3) is 5.24. The Balaban J connectivity index is 1.48. The van der Waals surface area contributed by atoms with Gasteiger partial charge in [-0.25, -0.2) is 4.68 Å². The van der Waals surface area contributed by atoms with Gasteiger partial charge < -0.3 is 14.6 Å². The smallest absolute Gasteiger partial charge is 0.224 e. The minimum Gasteiger partial charge on any atom is -0.385 e. The van der Waals surface area contributed by atoms with Crippen LogP contribution in [0.4, 0.5) is 0 Å². The van der Waals surface area contributed by atoms with Gasteiger partial charge >= 0.3 is 0 Å². The number of methoxy groups -OCH3 is 1. The van der Waals surface area contributed by atoms with Crippen molar-refractivity contribution >= 4 is 5.91 Å². The Morgan fingerprint density at radius 2 is 2.00 bits per heavy atom. The van der Waals surface area contributed by atoms with Crippen LogP contribution in [0.2, 0.25) is 0 Å². The summed E-state index contributed by atoms with van der Waals surface area (Å²) >= 11 is 0. The van der Waals surface area contributed by atoms with Gasteiger partial charge in [-0.05, 0) is 50.1 Å². The molecule has 3 heterocycles. The van der Waals surface area contributed by atoms with Crippen LogP contribution in [-0.2, 0) is 16.1 Å². The van der Waals surface area contributed by atoms with E-state index in [1.807, 2.05) is 53.6 Å². The van der Waals surface area contributed by atoms with Crippen molar-refractivity contribution in [3.05, 3.63) is 66.6 Å². The van der Waals surface area contributed by atoms with Crippen molar-refractivity contribution in [3.8, 4) is 11.5 Å². The number of likely N-dealkylation sites (tertiary alicyclic amines) is 1. The van der Waals surface area contributed by atoms with E-state index in [-0.39, 0.29) is 11.8 Å². The molecular formula is C24H31N5O2. The van der Waals surface area contributed by atoms with Crippen LogP contribution in [0.25, 0.3) is 11.5 Å². The molecule has 7 nitrogen and oxygen atoms in total. The number of amides is 1. The van der Waals surface area contributed by atoms with Gasteiger partial charge in [0.05, 0.1) is 17.8 Å². The number of hydrogen-bond donors (Lipinski definition) is 1. The molecule has 0 saturated carbocycles. The highest BCUT2D eigenvalue weighted by molar-refractivity contribution is 5.78. The standard InChI is InChI=1S/C24H31N5O2/c1-31-16-8-12-25-23(30)20-9-7-13-27(18-20)19-21-17-26-29(22-10-3-2-4-11-22)24(21)28-14-5-6-15-28/h2-6,10-11,14-15,17,20H,7-9,12-13,16,18-19H2,1H3,(H,25,30). The predicted octanol–water partition coefficient (Wildman–Crippen LogP) is 3.03. The topological polar surface area (TPSA) is 64.3 Å². The molecule has 3 aromatic rings. The highest BCUT2D eigenvalue weighted by Gasteiger charge is 2.27. The van der Waals surface area contributed by atoms with E-state index in [1.54, 1.807) is 7.11 Å². The monoisotopic (exact) mass is 421 g/mol. The van der Waals surface area contributed by atoms with Gasteiger partial charge in [0, 0.05) is 51.3 Å². The van der Waals surface area contributed by atoms with E-state index in [1.165, 1.54) is 0 Å². The first-order valence-electron chi connectivity index (χ1n) is 11.0. The molecule has 1 amide bonds. The summed E-state index contributed by atoms with van der Waals surface area (Å²) in [7, 11) is 1.68. The number of carbonyl (C=O) groups excluding carboxylic acids is 1. The Morgan fingerprint density at radius 3 is 2.77 bits per heavy atom. The van der Waals surface area contributed by atoms with Gasteiger partial charge in [0.25, 0.3) is 0 Å². The van der Waals surface area contributed by atoms with Crippen LogP contribution >= 0.6 is 0 Å². The third-order valence-corrected chi connectivity index (χ3v) is 5.76. The maximum atomic E-state index is 12.6. The average Bonchev–Trinajstić information content (AvgIpc) is 3.47. The van der Waals surface area contributed by atoms with E-state index in [9.17, 15) is 4.79 Å². The van der Waals surface area contributed by atoms with E-state index in [2.05, 4.69) is 26.9 Å². The predicted molar refractivity (Wildman–Crippen MR) is 120 cm³/mol. The molecule has 1 atom stereocenters. The number of piperidine rings is 1. The maximum Gasteiger partial charge on any atom is 0.224 e. The number of aromatic nitrogens is 3. The Bertz CT molecular complexity index is 952. The Kier molecular flexibility index (Phi) is 7.17. The van der Waals surface area contributed by atoms with Crippen LogP contribution in [0.5, 0.6) is 0 Å². The fourth-order valence-corrected chi connectivity index (χ4v) is 4.22. The highest BCUT2D eigenvalue weighted by Crippen LogP contribution is 2.24. The molecular weight excluding hydrogens is 390 g/mol. The van der Waals surface area contributed by atoms with Crippen molar-refractivity contribution in [1.29, 1.82) is 0 Å².